The van der Waals surface area contributed by atoms with Crippen LogP contribution in [0.2, 0.25) is 0 Å². The Morgan fingerprint density at radius 1 is 1.30 bits per heavy atom. The molecule has 0 aromatic heterocycles. The summed E-state index contributed by atoms with van der Waals surface area (Å²) in [5.41, 5.74) is 1.97. The van der Waals surface area contributed by atoms with E-state index in [9.17, 15) is 4.79 Å². The standard InChI is InChI=1S/C16H24N2O2/c1-11-6-8-13(9-7-11)14-17-12(2)15(19)18(14)10-16(3,4)20-5/h6-9,12,14,17H,10H2,1-5H3. The van der Waals surface area contributed by atoms with Crippen molar-refractivity contribution in [1.82, 2.24) is 10.2 Å². The minimum absolute atomic E-state index is 0.0764. The lowest BCUT2D eigenvalue weighted by atomic mass is 10.1. The van der Waals surface area contributed by atoms with Gasteiger partial charge in [0.05, 0.1) is 18.2 Å². The first-order chi connectivity index (χ1) is 9.34. The van der Waals surface area contributed by atoms with Gasteiger partial charge < -0.3 is 9.64 Å². The van der Waals surface area contributed by atoms with Crippen molar-refractivity contribution in [2.24, 2.45) is 0 Å². The first-order valence-electron chi connectivity index (χ1n) is 7.02. The van der Waals surface area contributed by atoms with Crippen molar-refractivity contribution in [3.8, 4) is 0 Å². The molecule has 4 heteroatoms. The summed E-state index contributed by atoms with van der Waals surface area (Å²) in [6.45, 7) is 8.53. The third-order valence-corrected chi connectivity index (χ3v) is 3.87. The van der Waals surface area contributed by atoms with Crippen molar-refractivity contribution >= 4 is 5.91 Å². The normalized spacial score (nSPS) is 23.4. The molecule has 1 aromatic carbocycles. The molecule has 0 spiro atoms. The Morgan fingerprint density at radius 2 is 1.90 bits per heavy atom. The van der Waals surface area contributed by atoms with Crippen LogP contribution < -0.4 is 5.32 Å². The van der Waals surface area contributed by atoms with E-state index in [2.05, 4.69) is 36.5 Å². The zero-order chi connectivity index (χ0) is 14.9. The lowest BCUT2D eigenvalue weighted by molar-refractivity contribution is -0.133. The fourth-order valence-corrected chi connectivity index (χ4v) is 2.44. The molecule has 1 aliphatic rings. The van der Waals surface area contributed by atoms with Crippen LogP contribution in [0.3, 0.4) is 0 Å². The number of nitrogens with zero attached hydrogens (tertiary/aromatic N) is 1. The summed E-state index contributed by atoms with van der Waals surface area (Å²) in [5, 5.41) is 3.36. The highest BCUT2D eigenvalue weighted by Crippen LogP contribution is 2.28. The second kappa shape index (κ2) is 5.54. The van der Waals surface area contributed by atoms with Crippen molar-refractivity contribution in [3.63, 3.8) is 0 Å². The van der Waals surface area contributed by atoms with Crippen LogP contribution in [0.5, 0.6) is 0 Å². The van der Waals surface area contributed by atoms with Crippen molar-refractivity contribution in [2.75, 3.05) is 13.7 Å². The zero-order valence-electron chi connectivity index (χ0n) is 12.9. The van der Waals surface area contributed by atoms with Crippen LogP contribution >= 0.6 is 0 Å². The number of nitrogens with one attached hydrogen (secondary N) is 1. The molecule has 1 aliphatic heterocycles. The molecule has 0 aliphatic carbocycles. The zero-order valence-corrected chi connectivity index (χ0v) is 12.9. The molecule has 1 N–H and O–H groups in total. The molecule has 0 saturated carbocycles. The number of amides is 1. The quantitative estimate of drug-likeness (QED) is 0.917. The first-order valence-corrected chi connectivity index (χ1v) is 7.02. The summed E-state index contributed by atoms with van der Waals surface area (Å²) in [6.07, 6.45) is -0.0764. The third-order valence-electron chi connectivity index (χ3n) is 3.87. The van der Waals surface area contributed by atoms with E-state index < -0.39 is 0 Å². The summed E-state index contributed by atoms with van der Waals surface area (Å²) < 4.78 is 5.46. The molecule has 4 nitrogen and oxygen atoms in total. The Bertz CT molecular complexity index is 482. The molecule has 2 rings (SSSR count). The van der Waals surface area contributed by atoms with Gasteiger partial charge in [0.2, 0.25) is 5.91 Å². The monoisotopic (exact) mass is 276 g/mol. The predicted molar refractivity (Wildman–Crippen MR) is 79.3 cm³/mol. The maximum Gasteiger partial charge on any atom is 0.241 e. The summed E-state index contributed by atoms with van der Waals surface area (Å²) in [5.74, 6) is 0.126. The van der Waals surface area contributed by atoms with Crippen molar-refractivity contribution in [1.29, 1.82) is 0 Å². The van der Waals surface area contributed by atoms with Crippen LogP contribution in [0.25, 0.3) is 0 Å². The summed E-state index contributed by atoms with van der Waals surface area (Å²) in [7, 11) is 1.68. The summed E-state index contributed by atoms with van der Waals surface area (Å²) >= 11 is 0. The van der Waals surface area contributed by atoms with E-state index in [1.54, 1.807) is 7.11 Å². The Hall–Kier alpha value is -1.39. The molecule has 0 bridgehead atoms. The van der Waals surface area contributed by atoms with Crippen molar-refractivity contribution in [2.45, 2.75) is 45.5 Å². The Kier molecular flexibility index (Phi) is 4.16. The van der Waals surface area contributed by atoms with Gasteiger partial charge in [-0.3, -0.25) is 10.1 Å². The Morgan fingerprint density at radius 3 is 2.45 bits per heavy atom. The number of carbonyl (C=O) groups is 1. The lowest BCUT2D eigenvalue weighted by Crippen LogP contribution is -2.43. The van der Waals surface area contributed by atoms with E-state index >= 15 is 0 Å². The minimum atomic E-state index is -0.357. The van der Waals surface area contributed by atoms with Gasteiger partial charge in [0.15, 0.2) is 0 Å². The second-order valence-corrected chi connectivity index (χ2v) is 6.13. The van der Waals surface area contributed by atoms with Gasteiger partial charge in [-0.15, -0.1) is 0 Å². The molecule has 1 heterocycles. The van der Waals surface area contributed by atoms with Crippen LogP contribution in [0.1, 0.15) is 38.1 Å². The van der Waals surface area contributed by atoms with Gasteiger partial charge in [0, 0.05) is 7.11 Å². The smallest absolute Gasteiger partial charge is 0.241 e. The number of ether oxygens (including phenoxy) is 1. The highest BCUT2D eigenvalue weighted by atomic mass is 16.5. The lowest BCUT2D eigenvalue weighted by Gasteiger charge is -2.32. The van der Waals surface area contributed by atoms with Crippen molar-refractivity contribution in [3.05, 3.63) is 35.4 Å². The SMILES string of the molecule is COC(C)(C)CN1C(=O)C(C)NC1c1ccc(C)cc1. The topological polar surface area (TPSA) is 41.6 Å². The van der Waals surface area contributed by atoms with E-state index in [4.69, 9.17) is 4.74 Å². The molecule has 1 fully saturated rings. The van der Waals surface area contributed by atoms with Gasteiger partial charge in [-0.1, -0.05) is 29.8 Å². The molecule has 1 amide bonds. The van der Waals surface area contributed by atoms with Crippen LogP contribution in [-0.2, 0) is 9.53 Å². The van der Waals surface area contributed by atoms with Gasteiger partial charge in [-0.2, -0.15) is 0 Å². The van der Waals surface area contributed by atoms with Crippen LogP contribution in [-0.4, -0.2) is 36.1 Å². The highest BCUT2D eigenvalue weighted by Gasteiger charge is 2.39. The fraction of sp³-hybridized carbons (Fsp3) is 0.562. The number of methoxy groups -OCH3 is 1. The van der Waals surface area contributed by atoms with Crippen LogP contribution in [0.15, 0.2) is 24.3 Å². The van der Waals surface area contributed by atoms with E-state index in [0.29, 0.717) is 6.54 Å². The number of rotatable bonds is 4. The third kappa shape index (κ3) is 3.02. The largest absolute Gasteiger partial charge is 0.377 e. The van der Waals surface area contributed by atoms with E-state index in [0.717, 1.165) is 5.56 Å². The van der Waals surface area contributed by atoms with Gasteiger partial charge in [-0.25, -0.2) is 0 Å². The molecule has 20 heavy (non-hydrogen) atoms. The fourth-order valence-electron chi connectivity index (χ4n) is 2.44. The molecule has 1 aromatic rings. The van der Waals surface area contributed by atoms with Gasteiger partial charge in [0.1, 0.15) is 6.17 Å². The van der Waals surface area contributed by atoms with Crippen molar-refractivity contribution < 1.29 is 9.53 Å². The van der Waals surface area contributed by atoms with Crippen LogP contribution in [0, 0.1) is 6.92 Å². The maximum atomic E-state index is 12.4. The number of hydrogen-bond acceptors (Lipinski definition) is 3. The average Bonchev–Trinajstić information content (AvgIpc) is 2.68. The second-order valence-electron chi connectivity index (χ2n) is 6.13. The van der Waals surface area contributed by atoms with E-state index in [1.165, 1.54) is 5.56 Å². The number of carbonyl (C=O) groups excluding carboxylic acids is 1. The van der Waals surface area contributed by atoms with E-state index in [-0.39, 0.29) is 23.7 Å². The van der Waals surface area contributed by atoms with Gasteiger partial charge in [0.25, 0.3) is 0 Å². The summed E-state index contributed by atoms with van der Waals surface area (Å²) in [6, 6.07) is 8.14. The van der Waals surface area contributed by atoms with Crippen LogP contribution in [0.4, 0.5) is 0 Å². The number of hydrogen-bond donors (Lipinski definition) is 1. The molecular weight excluding hydrogens is 252 g/mol. The molecular formula is C16H24N2O2. The summed E-state index contributed by atoms with van der Waals surface area (Å²) in [4.78, 5) is 14.2. The van der Waals surface area contributed by atoms with Gasteiger partial charge >= 0.3 is 0 Å². The highest BCUT2D eigenvalue weighted by molar-refractivity contribution is 5.84. The Labute approximate surface area is 121 Å². The molecule has 0 radical (unpaired) electrons. The molecule has 2 unspecified atom stereocenters. The molecule has 110 valence electrons. The number of benzene rings is 1. The predicted octanol–water partition coefficient (Wildman–Crippen LogP) is 2.24. The van der Waals surface area contributed by atoms with Gasteiger partial charge in [-0.05, 0) is 33.3 Å². The molecule has 2 atom stereocenters. The van der Waals surface area contributed by atoms with E-state index in [1.807, 2.05) is 25.7 Å². The average molecular weight is 276 g/mol. The minimum Gasteiger partial charge on any atom is -0.377 e. The Balaban J connectivity index is 2.26. The maximum absolute atomic E-state index is 12.4. The molecule has 1 saturated heterocycles. The number of aryl methyl sites for hydroxylation is 1. The first kappa shape index (κ1) is 15.0.